The number of carbonyl (C=O) groups is 1. The van der Waals surface area contributed by atoms with Crippen molar-refractivity contribution in [3.05, 3.63) is 60.1 Å². The topological polar surface area (TPSA) is 77.2 Å². The number of carbonyl (C=O) groups excluding carboxylic acids is 1. The molecule has 0 saturated carbocycles. The lowest BCUT2D eigenvalue weighted by molar-refractivity contribution is -0.116. The summed E-state index contributed by atoms with van der Waals surface area (Å²) in [5.74, 6) is 0.675. The molecule has 2 heterocycles. The number of rotatable bonds is 6. The Kier molecular flexibility index (Phi) is 4.86. The molecule has 1 N–H and O–H groups in total. The van der Waals surface area contributed by atoms with Crippen molar-refractivity contribution in [1.29, 1.82) is 0 Å². The van der Waals surface area contributed by atoms with Crippen molar-refractivity contribution in [2.75, 3.05) is 6.61 Å². The number of ether oxygens (including phenoxy) is 1. The quantitative estimate of drug-likeness (QED) is 0.706. The normalized spacial score (nSPS) is 11.0. The number of fused-ring (bicyclic) bond motifs is 1. The van der Waals surface area contributed by atoms with Gasteiger partial charge in [0, 0.05) is 30.5 Å². The van der Waals surface area contributed by atoms with Crippen molar-refractivity contribution in [2.45, 2.75) is 13.5 Å². The molecule has 0 aliphatic rings. The largest absolute Gasteiger partial charge is 0.478 e. The Morgan fingerprint density at radius 2 is 2.17 bits per heavy atom. The third-order valence-electron chi connectivity index (χ3n) is 3.27. The molecule has 0 bridgehead atoms. The van der Waals surface area contributed by atoms with Gasteiger partial charge in [0.15, 0.2) is 5.58 Å². The van der Waals surface area contributed by atoms with Gasteiger partial charge < -0.3 is 14.5 Å². The van der Waals surface area contributed by atoms with Crippen LogP contribution in [0.1, 0.15) is 18.4 Å². The molecule has 3 rings (SSSR count). The van der Waals surface area contributed by atoms with Gasteiger partial charge >= 0.3 is 0 Å². The van der Waals surface area contributed by atoms with Crippen molar-refractivity contribution in [3.63, 3.8) is 0 Å². The minimum atomic E-state index is -0.247. The second-order valence-electron chi connectivity index (χ2n) is 4.97. The van der Waals surface area contributed by atoms with Gasteiger partial charge in [-0.3, -0.25) is 4.79 Å². The predicted octanol–water partition coefficient (Wildman–Crippen LogP) is 2.95. The van der Waals surface area contributed by atoms with Gasteiger partial charge in [-0.15, -0.1) is 0 Å². The summed E-state index contributed by atoms with van der Waals surface area (Å²) in [5, 5.41) is 2.79. The number of benzene rings is 1. The highest BCUT2D eigenvalue weighted by Gasteiger charge is 2.06. The van der Waals surface area contributed by atoms with Crippen LogP contribution >= 0.6 is 0 Å². The van der Waals surface area contributed by atoms with Gasteiger partial charge in [-0.2, -0.15) is 0 Å². The maximum Gasteiger partial charge on any atom is 0.244 e. The van der Waals surface area contributed by atoms with Crippen molar-refractivity contribution < 1.29 is 13.9 Å². The molecule has 0 aliphatic carbocycles. The summed E-state index contributed by atoms with van der Waals surface area (Å²) in [6, 6.07) is 11.1. The Hall–Kier alpha value is -3.15. The first-order valence-electron chi connectivity index (χ1n) is 7.64. The monoisotopic (exact) mass is 323 g/mol. The maximum absolute atomic E-state index is 11.9. The van der Waals surface area contributed by atoms with E-state index in [2.05, 4.69) is 15.3 Å². The Morgan fingerprint density at radius 1 is 1.29 bits per heavy atom. The Labute approximate surface area is 139 Å². The Morgan fingerprint density at radius 3 is 3.00 bits per heavy atom. The fraction of sp³-hybridized carbons (Fsp3) is 0.167. The van der Waals surface area contributed by atoms with E-state index < -0.39 is 0 Å². The molecule has 0 fully saturated rings. The van der Waals surface area contributed by atoms with Crippen LogP contribution in [0, 0.1) is 0 Å². The zero-order valence-corrected chi connectivity index (χ0v) is 13.2. The summed E-state index contributed by atoms with van der Waals surface area (Å²) >= 11 is 0. The molecule has 1 amide bonds. The molecule has 3 aromatic rings. The number of hydrogen-bond acceptors (Lipinski definition) is 5. The highest BCUT2D eigenvalue weighted by molar-refractivity contribution is 5.91. The molecular formula is C18H17N3O3. The number of pyridine rings is 1. The minimum absolute atomic E-state index is 0.247. The lowest BCUT2D eigenvalue weighted by atomic mass is 10.2. The second-order valence-corrected chi connectivity index (χ2v) is 4.97. The smallest absolute Gasteiger partial charge is 0.244 e. The van der Waals surface area contributed by atoms with Crippen LogP contribution in [0.15, 0.2) is 53.1 Å². The van der Waals surface area contributed by atoms with Crippen LogP contribution in [-0.2, 0) is 11.3 Å². The van der Waals surface area contributed by atoms with Crippen LogP contribution in [-0.4, -0.2) is 22.5 Å². The van der Waals surface area contributed by atoms with Crippen LogP contribution in [0.25, 0.3) is 17.2 Å². The number of aromatic nitrogens is 2. The zero-order chi connectivity index (χ0) is 16.8. The Bertz CT molecular complexity index is 838. The predicted molar refractivity (Wildman–Crippen MR) is 90.3 cm³/mol. The van der Waals surface area contributed by atoms with Gasteiger partial charge in [0.1, 0.15) is 5.52 Å². The van der Waals surface area contributed by atoms with Gasteiger partial charge in [-0.25, -0.2) is 9.97 Å². The van der Waals surface area contributed by atoms with E-state index >= 15 is 0 Å². The highest BCUT2D eigenvalue weighted by atomic mass is 16.5. The first-order valence-corrected chi connectivity index (χ1v) is 7.64. The molecule has 122 valence electrons. The van der Waals surface area contributed by atoms with E-state index in [9.17, 15) is 4.79 Å². The van der Waals surface area contributed by atoms with Gasteiger partial charge in [-0.05, 0) is 25.1 Å². The van der Waals surface area contributed by atoms with Crippen molar-refractivity contribution in [2.24, 2.45) is 0 Å². The summed E-state index contributed by atoms with van der Waals surface area (Å²) in [5.41, 5.74) is 2.27. The molecule has 6 heteroatoms. The van der Waals surface area contributed by atoms with Crippen LogP contribution < -0.4 is 10.1 Å². The first-order chi connectivity index (χ1) is 11.8. The highest BCUT2D eigenvalue weighted by Crippen LogP contribution is 2.16. The zero-order valence-electron chi connectivity index (χ0n) is 13.2. The second kappa shape index (κ2) is 7.41. The molecule has 0 aliphatic heterocycles. The lowest BCUT2D eigenvalue weighted by Crippen LogP contribution is -2.20. The van der Waals surface area contributed by atoms with Crippen LogP contribution in [0.3, 0.4) is 0 Å². The van der Waals surface area contributed by atoms with Crippen molar-refractivity contribution >= 4 is 23.1 Å². The van der Waals surface area contributed by atoms with Crippen LogP contribution in [0.2, 0.25) is 0 Å². The summed E-state index contributed by atoms with van der Waals surface area (Å²) in [4.78, 5) is 20.4. The molecule has 0 unspecified atom stereocenters. The van der Waals surface area contributed by atoms with Gasteiger partial charge in [-0.1, -0.05) is 18.2 Å². The van der Waals surface area contributed by atoms with Crippen molar-refractivity contribution in [3.8, 4) is 5.88 Å². The van der Waals surface area contributed by atoms with E-state index in [-0.39, 0.29) is 5.91 Å². The van der Waals surface area contributed by atoms with E-state index in [1.807, 2.05) is 37.3 Å². The summed E-state index contributed by atoms with van der Waals surface area (Å²) in [6.45, 7) is 2.75. The number of oxazole rings is 1. The summed E-state index contributed by atoms with van der Waals surface area (Å²) in [6.07, 6.45) is 4.59. The molecular weight excluding hydrogens is 306 g/mol. The molecule has 24 heavy (non-hydrogen) atoms. The van der Waals surface area contributed by atoms with Crippen LogP contribution in [0.5, 0.6) is 5.88 Å². The van der Waals surface area contributed by atoms with Crippen molar-refractivity contribution in [1.82, 2.24) is 15.3 Å². The number of nitrogens with zero attached hydrogens (tertiary/aromatic N) is 2. The number of amides is 1. The standard InChI is InChI=1S/C18H17N3O3/c1-2-23-18-13(6-5-11-19-18)12-20-16(22)9-10-17-21-14-7-3-4-8-15(14)24-17/h3-11H,2,12H2,1H3,(H,20,22)/b10-9+. The molecule has 0 spiro atoms. The number of para-hydroxylation sites is 2. The third-order valence-corrected chi connectivity index (χ3v) is 3.27. The molecule has 0 atom stereocenters. The fourth-order valence-electron chi connectivity index (χ4n) is 2.17. The molecule has 0 radical (unpaired) electrons. The van der Waals surface area contributed by atoms with E-state index in [0.29, 0.717) is 30.5 Å². The van der Waals surface area contributed by atoms with Gasteiger partial charge in [0.2, 0.25) is 17.7 Å². The van der Waals surface area contributed by atoms with E-state index in [0.717, 1.165) is 11.1 Å². The number of hydrogen-bond donors (Lipinski definition) is 1. The molecule has 0 saturated heterocycles. The SMILES string of the molecule is CCOc1ncccc1CNC(=O)/C=C/c1nc2ccccc2o1. The number of nitrogens with one attached hydrogen (secondary N) is 1. The Balaban J connectivity index is 1.61. The maximum atomic E-state index is 11.9. The lowest BCUT2D eigenvalue weighted by Gasteiger charge is -2.08. The minimum Gasteiger partial charge on any atom is -0.478 e. The average molecular weight is 323 g/mol. The summed E-state index contributed by atoms with van der Waals surface area (Å²) < 4.78 is 11.0. The third kappa shape index (κ3) is 3.78. The van der Waals surface area contributed by atoms with Gasteiger partial charge in [0.05, 0.1) is 6.61 Å². The molecule has 1 aromatic carbocycles. The summed E-state index contributed by atoms with van der Waals surface area (Å²) in [7, 11) is 0. The van der Waals surface area contributed by atoms with Crippen LogP contribution in [0.4, 0.5) is 0 Å². The fourth-order valence-corrected chi connectivity index (χ4v) is 2.17. The average Bonchev–Trinajstić information content (AvgIpc) is 3.02. The first kappa shape index (κ1) is 15.7. The molecule has 6 nitrogen and oxygen atoms in total. The van der Waals surface area contributed by atoms with E-state index in [1.165, 1.54) is 6.08 Å². The van der Waals surface area contributed by atoms with E-state index in [4.69, 9.17) is 9.15 Å². The molecule has 2 aromatic heterocycles. The van der Waals surface area contributed by atoms with E-state index in [1.54, 1.807) is 18.3 Å². The van der Waals surface area contributed by atoms with Gasteiger partial charge in [0.25, 0.3) is 0 Å².